The van der Waals surface area contributed by atoms with Gasteiger partial charge in [0.25, 0.3) is 0 Å². The number of thiophene rings is 1. The molecule has 1 aromatic carbocycles. The molecule has 0 radical (unpaired) electrons. The van der Waals surface area contributed by atoms with Gasteiger partial charge in [0.1, 0.15) is 23.3 Å². The minimum atomic E-state index is -0.377. The third kappa shape index (κ3) is 3.18. The van der Waals surface area contributed by atoms with Gasteiger partial charge in [-0.1, -0.05) is 13.8 Å². The van der Waals surface area contributed by atoms with E-state index in [-0.39, 0.29) is 12.2 Å². The monoisotopic (exact) mass is 394 g/mol. The molecular formula is C22H22N2O3S. The van der Waals surface area contributed by atoms with Crippen LogP contribution >= 0.6 is 11.3 Å². The number of nitrogens with zero attached hydrogens (tertiary/aromatic N) is 2. The minimum Gasteiger partial charge on any atom is -0.472 e. The highest BCUT2D eigenvalue weighted by Crippen LogP contribution is 2.34. The third-order valence-electron chi connectivity index (χ3n) is 5.13. The SMILES string of the molecule is Cc1cc2oc(=O)cc(COc3ncnc4sc(C)c(C)c34)c2cc1C(C)C. The van der Waals surface area contributed by atoms with Crippen molar-refractivity contribution in [2.75, 3.05) is 0 Å². The molecule has 28 heavy (non-hydrogen) atoms. The van der Waals surface area contributed by atoms with Crippen molar-refractivity contribution in [2.45, 2.75) is 47.1 Å². The molecule has 0 aliphatic carbocycles. The van der Waals surface area contributed by atoms with Crippen molar-refractivity contribution < 1.29 is 9.15 Å². The molecule has 0 spiro atoms. The average molecular weight is 394 g/mol. The van der Waals surface area contributed by atoms with Crippen molar-refractivity contribution in [3.63, 3.8) is 0 Å². The lowest BCUT2D eigenvalue weighted by Crippen LogP contribution is -2.06. The summed E-state index contributed by atoms with van der Waals surface area (Å²) in [6.45, 7) is 10.7. The third-order valence-corrected chi connectivity index (χ3v) is 6.25. The summed E-state index contributed by atoms with van der Waals surface area (Å²) in [5.41, 5.74) is 4.48. The van der Waals surface area contributed by atoms with E-state index in [1.807, 2.05) is 13.0 Å². The molecule has 3 heterocycles. The molecule has 0 atom stereocenters. The smallest absolute Gasteiger partial charge is 0.336 e. The zero-order valence-corrected chi connectivity index (χ0v) is 17.4. The second kappa shape index (κ2) is 7.02. The Morgan fingerprint density at radius 3 is 2.68 bits per heavy atom. The van der Waals surface area contributed by atoms with Crippen LogP contribution in [0.5, 0.6) is 5.88 Å². The first kappa shape index (κ1) is 18.6. The number of aryl methyl sites for hydroxylation is 3. The van der Waals surface area contributed by atoms with Crippen LogP contribution in [0.4, 0.5) is 0 Å². The molecular weight excluding hydrogens is 372 g/mol. The standard InChI is InChI=1S/C22H22N2O3S/c1-11(2)16-8-17-15(7-19(25)27-18(17)6-12(16)3)9-26-21-20-13(4)14(5)28-22(20)24-10-23-21/h6-8,10-11H,9H2,1-5H3. The molecule has 0 fully saturated rings. The van der Waals surface area contributed by atoms with E-state index in [9.17, 15) is 4.79 Å². The van der Waals surface area contributed by atoms with Gasteiger partial charge in [-0.3, -0.25) is 0 Å². The van der Waals surface area contributed by atoms with Crippen molar-refractivity contribution in [1.82, 2.24) is 9.97 Å². The first-order chi connectivity index (χ1) is 13.3. The van der Waals surface area contributed by atoms with E-state index in [1.165, 1.54) is 22.8 Å². The van der Waals surface area contributed by atoms with Gasteiger partial charge in [0.15, 0.2) is 0 Å². The molecule has 3 aromatic heterocycles. The van der Waals surface area contributed by atoms with Gasteiger partial charge in [0.2, 0.25) is 5.88 Å². The Morgan fingerprint density at radius 1 is 1.14 bits per heavy atom. The molecule has 0 amide bonds. The van der Waals surface area contributed by atoms with Gasteiger partial charge in [-0.05, 0) is 55.5 Å². The van der Waals surface area contributed by atoms with Gasteiger partial charge in [0, 0.05) is 21.9 Å². The van der Waals surface area contributed by atoms with Crippen LogP contribution in [0.2, 0.25) is 0 Å². The molecule has 0 aliphatic heterocycles. The van der Waals surface area contributed by atoms with Crippen LogP contribution < -0.4 is 10.4 Å². The molecule has 0 unspecified atom stereocenters. The second-order valence-electron chi connectivity index (χ2n) is 7.38. The Labute approximate surface area is 167 Å². The van der Waals surface area contributed by atoms with E-state index in [1.54, 1.807) is 11.3 Å². The molecule has 6 heteroatoms. The molecule has 0 bridgehead atoms. The summed E-state index contributed by atoms with van der Waals surface area (Å²) >= 11 is 1.63. The van der Waals surface area contributed by atoms with Crippen LogP contribution in [-0.2, 0) is 6.61 Å². The van der Waals surface area contributed by atoms with E-state index >= 15 is 0 Å². The van der Waals surface area contributed by atoms with Crippen molar-refractivity contribution in [1.29, 1.82) is 0 Å². The Kier molecular flexibility index (Phi) is 4.67. The average Bonchev–Trinajstić information content (AvgIpc) is 2.93. The lowest BCUT2D eigenvalue weighted by Gasteiger charge is -2.13. The van der Waals surface area contributed by atoms with Gasteiger partial charge in [-0.25, -0.2) is 14.8 Å². The summed E-state index contributed by atoms with van der Waals surface area (Å²) in [6.07, 6.45) is 1.52. The van der Waals surface area contributed by atoms with Crippen LogP contribution in [0, 0.1) is 20.8 Å². The largest absolute Gasteiger partial charge is 0.472 e. The van der Waals surface area contributed by atoms with E-state index in [4.69, 9.17) is 9.15 Å². The highest BCUT2D eigenvalue weighted by molar-refractivity contribution is 7.18. The lowest BCUT2D eigenvalue weighted by molar-refractivity contribution is 0.298. The second-order valence-corrected chi connectivity index (χ2v) is 8.58. The van der Waals surface area contributed by atoms with Crippen molar-refractivity contribution in [3.8, 4) is 5.88 Å². The summed E-state index contributed by atoms with van der Waals surface area (Å²) in [6, 6.07) is 5.54. The van der Waals surface area contributed by atoms with Crippen LogP contribution in [0.25, 0.3) is 21.2 Å². The molecule has 0 saturated heterocycles. The zero-order chi connectivity index (χ0) is 20.0. The highest BCUT2D eigenvalue weighted by Gasteiger charge is 2.15. The molecule has 4 aromatic rings. The molecule has 0 aliphatic rings. The zero-order valence-electron chi connectivity index (χ0n) is 16.6. The van der Waals surface area contributed by atoms with E-state index in [0.717, 1.165) is 32.3 Å². The number of rotatable bonds is 4. The first-order valence-electron chi connectivity index (χ1n) is 9.26. The van der Waals surface area contributed by atoms with Crippen molar-refractivity contribution in [2.24, 2.45) is 0 Å². The summed E-state index contributed by atoms with van der Waals surface area (Å²) in [7, 11) is 0. The molecule has 0 N–H and O–H groups in total. The maximum atomic E-state index is 12.1. The molecule has 0 saturated carbocycles. The van der Waals surface area contributed by atoms with Gasteiger partial charge >= 0.3 is 5.63 Å². The van der Waals surface area contributed by atoms with Crippen molar-refractivity contribution in [3.05, 3.63) is 62.1 Å². The maximum absolute atomic E-state index is 12.1. The highest BCUT2D eigenvalue weighted by atomic mass is 32.1. The normalized spacial score (nSPS) is 11.6. The number of benzene rings is 1. The fraction of sp³-hybridized carbons (Fsp3) is 0.318. The van der Waals surface area contributed by atoms with E-state index < -0.39 is 0 Å². The van der Waals surface area contributed by atoms with E-state index in [2.05, 4.69) is 43.7 Å². The van der Waals surface area contributed by atoms with Crippen LogP contribution in [-0.4, -0.2) is 9.97 Å². The van der Waals surface area contributed by atoms with Gasteiger partial charge in [-0.15, -0.1) is 11.3 Å². The Morgan fingerprint density at radius 2 is 1.93 bits per heavy atom. The van der Waals surface area contributed by atoms with Gasteiger partial charge < -0.3 is 9.15 Å². The fourth-order valence-electron chi connectivity index (χ4n) is 3.54. The summed E-state index contributed by atoms with van der Waals surface area (Å²) in [5.74, 6) is 0.924. The predicted octanol–water partition coefficient (Wildman–Crippen LogP) is 5.43. The Balaban J connectivity index is 1.78. The van der Waals surface area contributed by atoms with E-state index in [0.29, 0.717) is 17.4 Å². The molecule has 5 nitrogen and oxygen atoms in total. The number of aromatic nitrogens is 2. The Bertz CT molecular complexity index is 1250. The minimum absolute atomic E-state index is 0.239. The topological polar surface area (TPSA) is 65.2 Å². The lowest BCUT2D eigenvalue weighted by atomic mass is 9.95. The Hall–Kier alpha value is -2.73. The number of hydrogen-bond acceptors (Lipinski definition) is 6. The number of hydrogen-bond donors (Lipinski definition) is 0. The predicted molar refractivity (Wildman–Crippen MR) is 113 cm³/mol. The first-order valence-corrected chi connectivity index (χ1v) is 10.1. The maximum Gasteiger partial charge on any atom is 0.336 e. The summed E-state index contributed by atoms with van der Waals surface area (Å²) < 4.78 is 11.5. The number of ether oxygens (including phenoxy) is 1. The van der Waals surface area contributed by atoms with Crippen LogP contribution in [0.3, 0.4) is 0 Å². The van der Waals surface area contributed by atoms with Crippen molar-refractivity contribution >= 4 is 32.5 Å². The summed E-state index contributed by atoms with van der Waals surface area (Å²) in [5, 5.41) is 1.84. The summed E-state index contributed by atoms with van der Waals surface area (Å²) in [4.78, 5) is 22.9. The van der Waals surface area contributed by atoms with Gasteiger partial charge in [-0.2, -0.15) is 0 Å². The van der Waals surface area contributed by atoms with Crippen LogP contribution in [0.1, 0.15) is 46.9 Å². The fourth-order valence-corrected chi connectivity index (χ4v) is 4.53. The van der Waals surface area contributed by atoms with Gasteiger partial charge in [0.05, 0.1) is 5.39 Å². The number of fused-ring (bicyclic) bond motifs is 2. The molecule has 144 valence electrons. The molecule has 4 rings (SSSR count). The quantitative estimate of drug-likeness (QED) is 0.432. The van der Waals surface area contributed by atoms with Crippen LogP contribution in [0.15, 0.2) is 33.7 Å².